The van der Waals surface area contributed by atoms with E-state index in [-0.39, 0.29) is 52.6 Å². The third-order valence-electron chi connectivity index (χ3n) is 14.9. The second-order valence-electron chi connectivity index (χ2n) is 19.9. The second kappa shape index (κ2) is 22.6. The summed E-state index contributed by atoms with van der Waals surface area (Å²) < 4.78 is 23.7. The Balaban J connectivity index is 0.670. The number of carbonyl (C=O) groups is 5. The first-order chi connectivity index (χ1) is 36.0. The number of thiazole rings is 1. The standard InChI is InChI=1S/C54H63FN12O6S/c1-33(56-2)51(70)63-47(35-10-4-3-5-11-35)54(72)66-20-9-14-44(66)52-62-43(32-74-52)48(69)36-12-8-13-39(26-36)73-25-7-6-15-46(68)64-21-23-65(24-22-64)53(71)37-18-19-41(40(55)27-37)60-49-50-57-30-45(38-28-58-59-29-38)67(50)31-42(61-49)34-16-17-34/h8,12-13,18-19,26-35,44,47,56H,3-7,9-11,14-17,20-25H2,1-2H3,(H,58,59)(H,60,61)(H,63,70)/t33-,44-,47-/m0/s1. The molecular weight excluding hydrogens is 964 g/mol. The predicted molar refractivity (Wildman–Crippen MR) is 277 cm³/mol. The highest BCUT2D eigenvalue weighted by molar-refractivity contribution is 7.10. The topological polar surface area (TPSA) is 212 Å². The Hall–Kier alpha value is -7.06. The number of hydrogen-bond donors (Lipinski definition) is 4. The molecule has 20 heteroatoms. The number of unbranched alkanes of at least 4 members (excludes halogenated alkanes) is 1. The van der Waals surface area contributed by atoms with Crippen molar-refractivity contribution in [3.63, 3.8) is 0 Å². The molecule has 3 atom stereocenters. The van der Waals surface area contributed by atoms with Crippen molar-refractivity contribution in [2.24, 2.45) is 5.92 Å². The van der Waals surface area contributed by atoms with E-state index in [1.54, 1.807) is 84.1 Å². The van der Waals surface area contributed by atoms with Crippen LogP contribution in [0.15, 0.2) is 72.6 Å². The highest BCUT2D eigenvalue weighted by Crippen LogP contribution is 2.41. The Morgan fingerprint density at radius 3 is 2.46 bits per heavy atom. The number of ether oxygens (including phenoxy) is 1. The molecule has 0 bridgehead atoms. The lowest BCUT2D eigenvalue weighted by Gasteiger charge is -2.35. The van der Waals surface area contributed by atoms with Gasteiger partial charge in [0, 0.05) is 79.5 Å². The van der Waals surface area contributed by atoms with Crippen LogP contribution >= 0.6 is 11.3 Å². The minimum atomic E-state index is -0.598. The van der Waals surface area contributed by atoms with Gasteiger partial charge in [-0.1, -0.05) is 31.4 Å². The highest BCUT2D eigenvalue weighted by Gasteiger charge is 2.40. The number of ketones is 1. The zero-order valence-corrected chi connectivity index (χ0v) is 42.7. The maximum Gasteiger partial charge on any atom is 0.254 e. The highest BCUT2D eigenvalue weighted by atomic mass is 32.1. The number of nitrogens with zero attached hydrogens (tertiary/aromatic N) is 8. The fourth-order valence-corrected chi connectivity index (χ4v) is 11.3. The number of halogens is 1. The molecule has 6 aromatic rings. The number of amides is 4. The molecular formula is C54H63FN12O6S. The smallest absolute Gasteiger partial charge is 0.254 e. The van der Waals surface area contributed by atoms with Crippen molar-refractivity contribution in [2.45, 2.75) is 108 Å². The summed E-state index contributed by atoms with van der Waals surface area (Å²) >= 11 is 1.38. The molecule has 2 aromatic carbocycles. The number of hydrogen-bond acceptors (Lipinski definition) is 13. The van der Waals surface area contributed by atoms with Gasteiger partial charge in [-0.3, -0.25) is 33.5 Å². The molecule has 4 fully saturated rings. The van der Waals surface area contributed by atoms with Crippen LogP contribution in [0.25, 0.3) is 16.9 Å². The average molecular weight is 1030 g/mol. The van der Waals surface area contributed by atoms with E-state index in [2.05, 4.69) is 31.1 Å². The summed E-state index contributed by atoms with van der Waals surface area (Å²) in [5.41, 5.74) is 4.27. The summed E-state index contributed by atoms with van der Waals surface area (Å²) in [4.78, 5) is 87.2. The van der Waals surface area contributed by atoms with Crippen LogP contribution in [0.3, 0.4) is 0 Å². The molecule has 0 spiro atoms. The predicted octanol–water partition coefficient (Wildman–Crippen LogP) is 7.44. The van der Waals surface area contributed by atoms with E-state index in [0.29, 0.717) is 98.0 Å². The summed E-state index contributed by atoms with van der Waals surface area (Å²) in [6, 6.07) is 10.1. The third kappa shape index (κ3) is 11.2. The van der Waals surface area contributed by atoms with Crippen LogP contribution in [0.2, 0.25) is 0 Å². The molecule has 4 aromatic heterocycles. The van der Waals surface area contributed by atoms with Crippen molar-refractivity contribution in [2.75, 3.05) is 51.7 Å². The Labute approximate surface area is 432 Å². The summed E-state index contributed by atoms with van der Waals surface area (Å²) in [6.45, 7) is 4.13. The van der Waals surface area contributed by atoms with Crippen LogP contribution < -0.4 is 20.7 Å². The molecule has 4 amide bonds. The number of aromatic nitrogens is 6. The summed E-state index contributed by atoms with van der Waals surface area (Å²) in [7, 11) is 1.73. The fraction of sp³-hybridized carbons (Fsp3) is 0.463. The third-order valence-corrected chi connectivity index (χ3v) is 15.9. The number of rotatable bonds is 19. The number of benzene rings is 2. The van der Waals surface area contributed by atoms with Gasteiger partial charge in [0.05, 0.1) is 48.2 Å². The molecule has 388 valence electrons. The maximum atomic E-state index is 15.7. The zero-order chi connectivity index (χ0) is 51.3. The summed E-state index contributed by atoms with van der Waals surface area (Å²) in [6.07, 6.45) is 17.4. The van der Waals surface area contributed by atoms with E-state index < -0.39 is 17.9 Å². The molecule has 6 heterocycles. The van der Waals surface area contributed by atoms with Crippen molar-refractivity contribution in [1.29, 1.82) is 0 Å². The van der Waals surface area contributed by atoms with Gasteiger partial charge in [-0.2, -0.15) is 5.10 Å². The van der Waals surface area contributed by atoms with Gasteiger partial charge in [-0.25, -0.2) is 19.3 Å². The van der Waals surface area contributed by atoms with Crippen molar-refractivity contribution in [3.05, 3.63) is 106 Å². The molecule has 4 aliphatic rings. The van der Waals surface area contributed by atoms with Gasteiger partial charge in [-0.15, -0.1) is 11.3 Å². The van der Waals surface area contributed by atoms with E-state index in [1.165, 1.54) is 17.4 Å². The van der Waals surface area contributed by atoms with Crippen molar-refractivity contribution in [1.82, 2.24) is 54.9 Å². The number of piperazine rings is 1. The number of H-pyrrole nitrogens is 1. The molecule has 4 N–H and O–H groups in total. The monoisotopic (exact) mass is 1030 g/mol. The molecule has 74 heavy (non-hydrogen) atoms. The largest absolute Gasteiger partial charge is 0.494 e. The van der Waals surface area contributed by atoms with Crippen molar-refractivity contribution < 1.29 is 33.1 Å². The molecule has 10 rings (SSSR count). The van der Waals surface area contributed by atoms with Gasteiger partial charge in [-0.05, 0) is 102 Å². The second-order valence-corrected chi connectivity index (χ2v) is 20.8. The number of anilines is 2. The van der Waals surface area contributed by atoms with Gasteiger partial charge in [0.15, 0.2) is 11.5 Å². The SMILES string of the molecule is CN[C@@H](C)C(=O)N[C@H](C(=O)N1CCC[C@H]1c1nc(C(=O)c2cccc(OCCCCC(=O)N3CCN(C(=O)c4ccc(Nc5nc(C6CC6)cn6c(-c7cn[nH]c7)cnc56)c(F)c4)CC3)c2)cs1)C1CCCCC1. The Bertz CT molecular complexity index is 3000. The minimum Gasteiger partial charge on any atom is -0.494 e. The van der Waals surface area contributed by atoms with Crippen LogP contribution in [0.4, 0.5) is 15.9 Å². The number of likely N-dealkylation sites (N-methyl/N-ethyl adjacent to an activating group) is 1. The van der Waals surface area contributed by atoms with Gasteiger partial charge in [0.2, 0.25) is 23.5 Å². The lowest BCUT2D eigenvalue weighted by molar-refractivity contribution is -0.139. The van der Waals surface area contributed by atoms with Gasteiger partial charge in [0.25, 0.3) is 5.91 Å². The fourth-order valence-electron chi connectivity index (χ4n) is 10.4. The molecule has 2 aliphatic heterocycles. The number of nitrogens with one attached hydrogen (secondary N) is 4. The molecule has 2 aliphatic carbocycles. The van der Waals surface area contributed by atoms with Crippen LogP contribution in [-0.4, -0.2) is 132 Å². The first-order valence-corrected chi connectivity index (χ1v) is 26.9. The lowest BCUT2D eigenvalue weighted by Crippen LogP contribution is -2.55. The van der Waals surface area contributed by atoms with Crippen molar-refractivity contribution in [3.8, 4) is 17.0 Å². The van der Waals surface area contributed by atoms with E-state index in [0.717, 1.165) is 74.7 Å². The van der Waals surface area contributed by atoms with E-state index in [1.807, 2.05) is 15.5 Å². The summed E-state index contributed by atoms with van der Waals surface area (Å²) in [5, 5.41) is 18.6. The number of carbonyl (C=O) groups excluding carboxylic acids is 5. The number of imidazole rings is 1. The first-order valence-electron chi connectivity index (χ1n) is 26.0. The average Bonchev–Trinajstić information content (AvgIpc) is 3.88. The normalized spacial score (nSPS) is 18.1. The molecule has 0 radical (unpaired) electrons. The number of fused-ring (bicyclic) bond motifs is 1. The maximum absolute atomic E-state index is 15.7. The van der Waals surface area contributed by atoms with Crippen LogP contribution in [0.5, 0.6) is 5.75 Å². The zero-order valence-electron chi connectivity index (χ0n) is 41.9. The number of likely N-dealkylation sites (tertiary alicyclic amines) is 1. The Morgan fingerprint density at radius 1 is 0.892 bits per heavy atom. The summed E-state index contributed by atoms with van der Waals surface area (Å²) in [5.74, 6) is -0.0328. The van der Waals surface area contributed by atoms with E-state index >= 15 is 4.39 Å². The van der Waals surface area contributed by atoms with Crippen molar-refractivity contribution >= 4 is 57.9 Å². The quantitative estimate of drug-likeness (QED) is 0.0461. The van der Waals surface area contributed by atoms with Crippen LogP contribution in [-0.2, 0) is 14.4 Å². The molecule has 2 saturated heterocycles. The lowest BCUT2D eigenvalue weighted by atomic mass is 9.83. The first kappa shape index (κ1) is 50.5. The van der Waals surface area contributed by atoms with Gasteiger partial charge in [0.1, 0.15) is 28.3 Å². The van der Waals surface area contributed by atoms with E-state index in [4.69, 9.17) is 14.7 Å². The van der Waals surface area contributed by atoms with E-state index in [9.17, 15) is 24.0 Å². The van der Waals surface area contributed by atoms with Crippen LogP contribution in [0.1, 0.15) is 133 Å². The van der Waals surface area contributed by atoms with Gasteiger partial charge < -0.3 is 35.4 Å². The molecule has 2 saturated carbocycles. The Morgan fingerprint density at radius 2 is 1.70 bits per heavy atom. The van der Waals surface area contributed by atoms with Gasteiger partial charge >= 0.3 is 0 Å². The Kier molecular flexibility index (Phi) is 15.4. The molecule has 18 nitrogen and oxygen atoms in total. The molecule has 0 unspecified atom stereocenters. The minimum absolute atomic E-state index is 0.00307. The number of aromatic amines is 1. The van der Waals surface area contributed by atoms with Crippen LogP contribution in [0, 0.1) is 11.7 Å².